The summed E-state index contributed by atoms with van der Waals surface area (Å²) in [4.78, 5) is 11.7. The Morgan fingerprint density at radius 1 is 1.26 bits per heavy atom. The highest BCUT2D eigenvalue weighted by molar-refractivity contribution is 5.89. The van der Waals surface area contributed by atoms with Gasteiger partial charge in [-0.25, -0.2) is 9.48 Å². The van der Waals surface area contributed by atoms with E-state index >= 15 is 0 Å². The summed E-state index contributed by atoms with van der Waals surface area (Å²) in [5, 5.41) is 4.41. The Balaban J connectivity index is 2.19. The average molecular weight is 258 g/mol. The number of rotatable bonds is 4. The third-order valence-corrected chi connectivity index (χ3v) is 2.79. The van der Waals surface area contributed by atoms with Crippen molar-refractivity contribution >= 4 is 5.97 Å². The number of aryl methyl sites for hydroxylation is 2. The maximum Gasteiger partial charge on any atom is 0.338 e. The number of carbonyl (C=O) groups is 1. The molecule has 0 spiro atoms. The lowest BCUT2D eigenvalue weighted by Crippen LogP contribution is -2.06. The summed E-state index contributed by atoms with van der Waals surface area (Å²) >= 11 is 0. The highest BCUT2D eigenvalue weighted by Crippen LogP contribution is 2.13. The second kappa shape index (κ2) is 5.69. The Kier molecular flexibility index (Phi) is 4.00. The molecule has 4 nitrogen and oxygen atoms in total. The Morgan fingerprint density at radius 2 is 1.95 bits per heavy atom. The second-order valence-electron chi connectivity index (χ2n) is 4.52. The van der Waals surface area contributed by atoms with E-state index in [1.807, 2.05) is 43.7 Å². The molecular weight excluding hydrogens is 240 g/mol. The van der Waals surface area contributed by atoms with Crippen molar-refractivity contribution in [2.75, 3.05) is 6.61 Å². The molecule has 0 atom stereocenters. The summed E-state index contributed by atoms with van der Waals surface area (Å²) in [7, 11) is 0. The normalized spacial score (nSPS) is 10.5. The molecule has 0 aliphatic carbocycles. The minimum Gasteiger partial charge on any atom is -0.462 e. The van der Waals surface area contributed by atoms with Gasteiger partial charge < -0.3 is 4.74 Å². The molecule has 0 radical (unpaired) electrons. The lowest BCUT2D eigenvalue weighted by molar-refractivity contribution is 0.0505. The van der Waals surface area contributed by atoms with Crippen LogP contribution in [0.1, 0.15) is 35.1 Å². The van der Waals surface area contributed by atoms with Gasteiger partial charge in [0.1, 0.15) is 0 Å². The zero-order valence-corrected chi connectivity index (χ0v) is 11.5. The molecule has 2 rings (SSSR count). The van der Waals surface area contributed by atoms with Crippen molar-refractivity contribution in [2.45, 2.75) is 27.2 Å². The van der Waals surface area contributed by atoms with E-state index in [4.69, 9.17) is 4.74 Å². The van der Waals surface area contributed by atoms with E-state index in [-0.39, 0.29) is 5.97 Å². The van der Waals surface area contributed by atoms with Gasteiger partial charge >= 0.3 is 5.97 Å². The van der Waals surface area contributed by atoms with E-state index in [0.29, 0.717) is 12.2 Å². The SMILES string of the molecule is CCCOC(=O)c1ccc(-n2nc(C)cc2C)cc1. The molecule has 100 valence electrons. The third-order valence-electron chi connectivity index (χ3n) is 2.79. The molecule has 0 saturated carbocycles. The van der Waals surface area contributed by atoms with E-state index in [1.165, 1.54) is 0 Å². The van der Waals surface area contributed by atoms with E-state index in [2.05, 4.69) is 5.10 Å². The van der Waals surface area contributed by atoms with Gasteiger partial charge in [0.05, 0.1) is 23.6 Å². The molecule has 0 bridgehead atoms. The van der Waals surface area contributed by atoms with Crippen LogP contribution in [-0.4, -0.2) is 22.4 Å². The first-order valence-corrected chi connectivity index (χ1v) is 6.42. The number of nitrogens with zero attached hydrogens (tertiary/aromatic N) is 2. The van der Waals surface area contributed by atoms with E-state index in [9.17, 15) is 4.79 Å². The lowest BCUT2D eigenvalue weighted by atomic mass is 10.2. The first-order valence-electron chi connectivity index (χ1n) is 6.42. The number of hydrogen-bond acceptors (Lipinski definition) is 3. The summed E-state index contributed by atoms with van der Waals surface area (Å²) in [5.74, 6) is -0.276. The van der Waals surface area contributed by atoms with Gasteiger partial charge in [-0.2, -0.15) is 5.10 Å². The molecule has 1 heterocycles. The highest BCUT2D eigenvalue weighted by Gasteiger charge is 2.08. The molecule has 0 saturated heterocycles. The summed E-state index contributed by atoms with van der Waals surface area (Å²) in [6.07, 6.45) is 0.829. The number of hydrogen-bond donors (Lipinski definition) is 0. The van der Waals surface area contributed by atoms with E-state index < -0.39 is 0 Å². The zero-order valence-electron chi connectivity index (χ0n) is 11.5. The molecule has 4 heteroatoms. The molecule has 0 N–H and O–H groups in total. The van der Waals surface area contributed by atoms with Crippen molar-refractivity contribution in [2.24, 2.45) is 0 Å². The summed E-state index contributed by atoms with van der Waals surface area (Å²) in [6, 6.07) is 9.31. The van der Waals surface area contributed by atoms with Crippen LogP contribution in [0.5, 0.6) is 0 Å². The summed E-state index contributed by atoms with van der Waals surface area (Å²) < 4.78 is 6.95. The molecule has 0 fully saturated rings. The molecular formula is C15H18N2O2. The van der Waals surface area contributed by atoms with Crippen LogP contribution in [0.3, 0.4) is 0 Å². The van der Waals surface area contributed by atoms with Crippen molar-refractivity contribution in [3.63, 3.8) is 0 Å². The monoisotopic (exact) mass is 258 g/mol. The lowest BCUT2D eigenvalue weighted by Gasteiger charge is -2.06. The molecule has 0 unspecified atom stereocenters. The van der Waals surface area contributed by atoms with Gasteiger partial charge in [0.25, 0.3) is 0 Å². The van der Waals surface area contributed by atoms with Crippen molar-refractivity contribution in [1.29, 1.82) is 0 Å². The van der Waals surface area contributed by atoms with Crippen LogP contribution in [0.15, 0.2) is 30.3 Å². The Hall–Kier alpha value is -2.10. The van der Waals surface area contributed by atoms with Crippen LogP contribution < -0.4 is 0 Å². The second-order valence-corrected chi connectivity index (χ2v) is 4.52. The minimum atomic E-state index is -0.276. The Morgan fingerprint density at radius 3 is 2.47 bits per heavy atom. The van der Waals surface area contributed by atoms with Gasteiger partial charge in [-0.1, -0.05) is 6.92 Å². The number of ether oxygens (including phenoxy) is 1. The van der Waals surface area contributed by atoms with E-state index in [1.54, 1.807) is 12.1 Å². The van der Waals surface area contributed by atoms with Gasteiger partial charge in [0.2, 0.25) is 0 Å². The quantitative estimate of drug-likeness (QED) is 0.792. The van der Waals surface area contributed by atoms with Crippen molar-refractivity contribution in [3.05, 3.63) is 47.3 Å². The average Bonchev–Trinajstić information content (AvgIpc) is 2.75. The van der Waals surface area contributed by atoms with Crippen molar-refractivity contribution in [1.82, 2.24) is 9.78 Å². The number of carbonyl (C=O) groups excluding carboxylic acids is 1. The fraction of sp³-hybridized carbons (Fsp3) is 0.333. The third kappa shape index (κ3) is 3.02. The van der Waals surface area contributed by atoms with Crippen LogP contribution >= 0.6 is 0 Å². The summed E-state index contributed by atoms with van der Waals surface area (Å²) in [5.41, 5.74) is 3.55. The molecule has 1 aromatic heterocycles. The predicted molar refractivity (Wildman–Crippen MR) is 73.6 cm³/mol. The topological polar surface area (TPSA) is 44.1 Å². The molecule has 19 heavy (non-hydrogen) atoms. The standard InChI is InChI=1S/C15H18N2O2/c1-4-9-19-15(18)13-5-7-14(8-6-13)17-12(3)10-11(2)16-17/h5-8,10H,4,9H2,1-3H3. The van der Waals surface area contributed by atoms with Crippen molar-refractivity contribution < 1.29 is 9.53 Å². The fourth-order valence-electron chi connectivity index (χ4n) is 1.91. The van der Waals surface area contributed by atoms with Gasteiger partial charge in [0, 0.05) is 5.69 Å². The van der Waals surface area contributed by atoms with Crippen molar-refractivity contribution in [3.8, 4) is 5.69 Å². The van der Waals surface area contributed by atoms with Gasteiger partial charge in [-0.15, -0.1) is 0 Å². The predicted octanol–water partition coefficient (Wildman–Crippen LogP) is 3.06. The molecule has 1 aromatic carbocycles. The minimum absolute atomic E-state index is 0.276. The van der Waals surface area contributed by atoms with Crippen LogP contribution in [0.2, 0.25) is 0 Å². The van der Waals surface area contributed by atoms with Crippen LogP contribution in [-0.2, 0) is 4.74 Å². The Bertz CT molecular complexity index is 570. The number of esters is 1. The van der Waals surface area contributed by atoms with E-state index in [0.717, 1.165) is 23.5 Å². The molecule has 0 aliphatic heterocycles. The Labute approximate surface area is 113 Å². The highest BCUT2D eigenvalue weighted by atomic mass is 16.5. The summed E-state index contributed by atoms with van der Waals surface area (Å²) in [6.45, 7) is 6.39. The largest absolute Gasteiger partial charge is 0.462 e. The smallest absolute Gasteiger partial charge is 0.338 e. The first-order chi connectivity index (χ1) is 9.11. The zero-order chi connectivity index (χ0) is 13.8. The van der Waals surface area contributed by atoms with Gasteiger partial charge in [-0.3, -0.25) is 0 Å². The molecule has 2 aromatic rings. The van der Waals surface area contributed by atoms with Crippen LogP contribution in [0.25, 0.3) is 5.69 Å². The van der Waals surface area contributed by atoms with Gasteiger partial charge in [-0.05, 0) is 50.6 Å². The fourth-order valence-corrected chi connectivity index (χ4v) is 1.91. The maximum atomic E-state index is 11.7. The first kappa shape index (κ1) is 13.3. The number of aromatic nitrogens is 2. The molecule has 0 amide bonds. The van der Waals surface area contributed by atoms with Crippen LogP contribution in [0, 0.1) is 13.8 Å². The molecule has 0 aliphatic rings. The maximum absolute atomic E-state index is 11.7. The number of benzene rings is 1. The van der Waals surface area contributed by atoms with Gasteiger partial charge in [0.15, 0.2) is 0 Å². The van der Waals surface area contributed by atoms with Crippen LogP contribution in [0.4, 0.5) is 0 Å².